The van der Waals surface area contributed by atoms with E-state index in [1.807, 2.05) is 0 Å². The maximum atomic E-state index is 3.61. The van der Waals surface area contributed by atoms with Crippen molar-refractivity contribution < 1.29 is 0 Å². The van der Waals surface area contributed by atoms with E-state index in [0.717, 1.165) is 24.3 Å². The second-order valence-corrected chi connectivity index (χ2v) is 5.68. The molecule has 0 spiro atoms. The van der Waals surface area contributed by atoms with E-state index in [2.05, 4.69) is 45.5 Å². The number of alkyl halides is 1. The second kappa shape index (κ2) is 7.17. The summed E-state index contributed by atoms with van der Waals surface area (Å²) in [6, 6.07) is 8.97. The average Bonchev–Trinajstić information content (AvgIpc) is 2.39. The maximum Gasteiger partial charge on any atom is 0.00317 e. The predicted molar refractivity (Wildman–Crippen MR) is 78.0 cm³/mol. The van der Waals surface area contributed by atoms with Crippen LogP contribution in [0.4, 0.5) is 0 Å². The molecule has 1 aromatic carbocycles. The third-order valence-electron chi connectivity index (χ3n) is 3.62. The number of hydrogen-bond acceptors (Lipinski definition) is 1. The highest BCUT2D eigenvalue weighted by Crippen LogP contribution is 2.30. The summed E-state index contributed by atoms with van der Waals surface area (Å²) in [5, 5.41) is 4.74. The van der Waals surface area contributed by atoms with Crippen LogP contribution in [0.5, 0.6) is 0 Å². The van der Waals surface area contributed by atoms with Crippen molar-refractivity contribution in [1.82, 2.24) is 5.32 Å². The van der Waals surface area contributed by atoms with Gasteiger partial charge in [0.1, 0.15) is 0 Å². The molecule has 1 aliphatic rings. The van der Waals surface area contributed by atoms with Crippen molar-refractivity contribution >= 4 is 15.9 Å². The fourth-order valence-electron chi connectivity index (χ4n) is 2.69. The minimum Gasteiger partial charge on any atom is -0.316 e. The SMILES string of the molecule is BrCCCCNCC1CCCc2ccccc21. The Bertz CT molecular complexity index is 337. The van der Waals surface area contributed by atoms with Gasteiger partial charge in [-0.3, -0.25) is 0 Å². The molecule has 0 aliphatic heterocycles. The van der Waals surface area contributed by atoms with Crippen molar-refractivity contribution in [1.29, 1.82) is 0 Å². The molecule has 1 atom stereocenters. The van der Waals surface area contributed by atoms with Crippen molar-refractivity contribution in [3.63, 3.8) is 0 Å². The molecule has 0 radical (unpaired) electrons. The fraction of sp³-hybridized carbons (Fsp3) is 0.600. The first-order valence-corrected chi connectivity index (χ1v) is 7.88. The molecule has 0 heterocycles. The Morgan fingerprint density at radius 1 is 1.24 bits per heavy atom. The van der Waals surface area contributed by atoms with E-state index in [9.17, 15) is 0 Å². The van der Waals surface area contributed by atoms with E-state index in [4.69, 9.17) is 0 Å². The molecule has 0 bridgehead atoms. The van der Waals surface area contributed by atoms with Crippen LogP contribution >= 0.6 is 15.9 Å². The molecule has 0 amide bonds. The Hall–Kier alpha value is -0.340. The van der Waals surface area contributed by atoms with Crippen molar-refractivity contribution in [2.45, 2.75) is 38.0 Å². The molecule has 17 heavy (non-hydrogen) atoms. The van der Waals surface area contributed by atoms with Crippen molar-refractivity contribution in [3.05, 3.63) is 35.4 Å². The molecule has 1 aromatic rings. The summed E-state index contributed by atoms with van der Waals surface area (Å²) < 4.78 is 0. The molecular weight excluding hydrogens is 274 g/mol. The molecule has 0 saturated carbocycles. The van der Waals surface area contributed by atoms with Crippen LogP contribution in [-0.2, 0) is 6.42 Å². The highest BCUT2D eigenvalue weighted by atomic mass is 79.9. The fourth-order valence-corrected chi connectivity index (χ4v) is 3.08. The van der Waals surface area contributed by atoms with Gasteiger partial charge in [-0.15, -0.1) is 0 Å². The van der Waals surface area contributed by atoms with Gasteiger partial charge in [-0.05, 0) is 55.7 Å². The van der Waals surface area contributed by atoms with Gasteiger partial charge in [-0.2, -0.15) is 0 Å². The topological polar surface area (TPSA) is 12.0 Å². The number of rotatable bonds is 6. The molecule has 0 fully saturated rings. The van der Waals surface area contributed by atoms with Crippen LogP contribution in [0.1, 0.15) is 42.7 Å². The summed E-state index contributed by atoms with van der Waals surface area (Å²) in [5.41, 5.74) is 3.16. The summed E-state index contributed by atoms with van der Waals surface area (Å²) in [5.74, 6) is 0.740. The first-order chi connectivity index (χ1) is 8.42. The highest BCUT2D eigenvalue weighted by molar-refractivity contribution is 9.09. The van der Waals surface area contributed by atoms with E-state index in [-0.39, 0.29) is 0 Å². The van der Waals surface area contributed by atoms with Crippen molar-refractivity contribution in [3.8, 4) is 0 Å². The monoisotopic (exact) mass is 295 g/mol. The van der Waals surface area contributed by atoms with E-state index in [1.165, 1.54) is 32.1 Å². The van der Waals surface area contributed by atoms with Gasteiger partial charge in [0.15, 0.2) is 0 Å². The summed E-state index contributed by atoms with van der Waals surface area (Å²) in [7, 11) is 0. The van der Waals surface area contributed by atoms with Gasteiger partial charge in [-0.1, -0.05) is 40.2 Å². The minimum absolute atomic E-state index is 0.740. The molecule has 2 heteroatoms. The van der Waals surface area contributed by atoms with E-state index in [0.29, 0.717) is 0 Å². The summed E-state index contributed by atoms with van der Waals surface area (Å²) >= 11 is 3.47. The van der Waals surface area contributed by atoms with Gasteiger partial charge >= 0.3 is 0 Å². The molecule has 1 aliphatic carbocycles. The summed E-state index contributed by atoms with van der Waals surface area (Å²) in [4.78, 5) is 0. The first-order valence-electron chi connectivity index (χ1n) is 6.76. The smallest absolute Gasteiger partial charge is 0.00317 e. The Kier molecular flexibility index (Phi) is 5.53. The normalized spacial score (nSPS) is 19.0. The van der Waals surface area contributed by atoms with Gasteiger partial charge < -0.3 is 5.32 Å². The van der Waals surface area contributed by atoms with Gasteiger partial charge in [0, 0.05) is 11.9 Å². The van der Waals surface area contributed by atoms with Crippen LogP contribution in [-0.4, -0.2) is 18.4 Å². The van der Waals surface area contributed by atoms with Crippen molar-refractivity contribution in [2.75, 3.05) is 18.4 Å². The molecule has 94 valence electrons. The maximum absolute atomic E-state index is 3.61. The van der Waals surface area contributed by atoms with Crippen LogP contribution in [0.25, 0.3) is 0 Å². The Morgan fingerprint density at radius 2 is 2.12 bits per heavy atom. The number of halogens is 1. The van der Waals surface area contributed by atoms with E-state index >= 15 is 0 Å². The Balaban J connectivity index is 1.82. The molecule has 1 unspecified atom stereocenters. The van der Waals surface area contributed by atoms with Crippen LogP contribution < -0.4 is 5.32 Å². The lowest BCUT2D eigenvalue weighted by atomic mass is 9.83. The van der Waals surface area contributed by atoms with Crippen LogP contribution in [0.2, 0.25) is 0 Å². The number of benzene rings is 1. The number of unbranched alkanes of at least 4 members (excludes halogenated alkanes) is 1. The zero-order valence-corrected chi connectivity index (χ0v) is 12.0. The Morgan fingerprint density at radius 3 is 3.00 bits per heavy atom. The van der Waals surface area contributed by atoms with Crippen LogP contribution in [0.3, 0.4) is 0 Å². The molecule has 1 nitrogen and oxygen atoms in total. The van der Waals surface area contributed by atoms with E-state index < -0.39 is 0 Å². The lowest BCUT2D eigenvalue weighted by molar-refractivity contribution is 0.503. The Labute approximate surface area is 113 Å². The standard InChI is InChI=1S/C15H22BrN/c16-10-3-4-11-17-12-14-8-5-7-13-6-1-2-9-15(13)14/h1-2,6,9,14,17H,3-5,7-8,10-12H2. The highest BCUT2D eigenvalue weighted by Gasteiger charge is 2.18. The van der Waals surface area contributed by atoms with Crippen LogP contribution in [0, 0.1) is 0 Å². The zero-order chi connectivity index (χ0) is 11.9. The second-order valence-electron chi connectivity index (χ2n) is 4.89. The summed E-state index contributed by atoms with van der Waals surface area (Å²) in [6.45, 7) is 2.31. The molecule has 1 N–H and O–H groups in total. The van der Waals surface area contributed by atoms with Crippen molar-refractivity contribution in [2.24, 2.45) is 0 Å². The van der Waals surface area contributed by atoms with Crippen LogP contribution in [0.15, 0.2) is 24.3 Å². The molecule has 2 rings (SSSR count). The lowest BCUT2D eigenvalue weighted by Crippen LogP contribution is -2.25. The number of aryl methyl sites for hydroxylation is 1. The first kappa shape index (κ1) is 13.1. The number of hydrogen-bond donors (Lipinski definition) is 1. The third kappa shape index (κ3) is 3.82. The van der Waals surface area contributed by atoms with Gasteiger partial charge in [-0.25, -0.2) is 0 Å². The largest absolute Gasteiger partial charge is 0.316 e. The number of nitrogens with one attached hydrogen (secondary N) is 1. The minimum atomic E-state index is 0.740. The quantitative estimate of drug-likeness (QED) is 0.620. The lowest BCUT2D eigenvalue weighted by Gasteiger charge is -2.25. The third-order valence-corrected chi connectivity index (χ3v) is 4.18. The zero-order valence-electron chi connectivity index (χ0n) is 10.4. The van der Waals surface area contributed by atoms with Gasteiger partial charge in [0.05, 0.1) is 0 Å². The predicted octanol–water partition coefficient (Wildman–Crippen LogP) is 3.87. The van der Waals surface area contributed by atoms with E-state index in [1.54, 1.807) is 11.1 Å². The van der Waals surface area contributed by atoms with Gasteiger partial charge in [0.2, 0.25) is 0 Å². The molecule has 0 saturated heterocycles. The van der Waals surface area contributed by atoms with Gasteiger partial charge in [0.25, 0.3) is 0 Å². The number of fused-ring (bicyclic) bond motifs is 1. The average molecular weight is 296 g/mol. The molecular formula is C15H22BrN. The summed E-state index contributed by atoms with van der Waals surface area (Å²) in [6.07, 6.45) is 6.53. The molecule has 0 aromatic heterocycles.